The van der Waals surface area contributed by atoms with Gasteiger partial charge in [-0.3, -0.25) is 4.79 Å². The SMILES string of the molecule is CCOc1ccccc1C(=O)N1CCC(NC(=O)N2CCCC(C3CC3)C2)CC1. The first-order valence-electron chi connectivity index (χ1n) is 11.2. The predicted octanol–water partition coefficient (Wildman–Crippen LogP) is 3.52. The van der Waals surface area contributed by atoms with Gasteiger partial charge >= 0.3 is 6.03 Å². The third-order valence-electron chi connectivity index (χ3n) is 6.56. The quantitative estimate of drug-likeness (QED) is 0.824. The van der Waals surface area contributed by atoms with E-state index in [2.05, 4.69) is 5.32 Å². The molecule has 3 aliphatic rings. The molecule has 0 radical (unpaired) electrons. The van der Waals surface area contributed by atoms with Crippen molar-refractivity contribution in [3.05, 3.63) is 29.8 Å². The minimum atomic E-state index is 0.0159. The minimum absolute atomic E-state index is 0.0159. The number of carbonyl (C=O) groups is 2. The maximum absolute atomic E-state index is 12.9. The Labute approximate surface area is 173 Å². The summed E-state index contributed by atoms with van der Waals surface area (Å²) in [5.74, 6) is 2.23. The standard InChI is InChI=1S/C23H33N3O3/c1-2-29-21-8-4-3-7-20(21)22(27)25-14-11-19(12-15-25)24-23(28)26-13-5-6-18(16-26)17-9-10-17/h3-4,7-8,17-19H,2,5-6,9-16H2,1H3,(H,24,28). The highest BCUT2D eigenvalue weighted by Crippen LogP contribution is 2.40. The monoisotopic (exact) mass is 399 g/mol. The average molecular weight is 400 g/mol. The third-order valence-corrected chi connectivity index (χ3v) is 6.56. The molecule has 1 aromatic rings. The number of likely N-dealkylation sites (tertiary alicyclic amines) is 2. The predicted molar refractivity (Wildman–Crippen MR) is 112 cm³/mol. The number of urea groups is 1. The second-order valence-corrected chi connectivity index (χ2v) is 8.63. The number of carbonyl (C=O) groups excluding carboxylic acids is 2. The normalized spacial score (nSPS) is 23.0. The van der Waals surface area contributed by atoms with Crippen molar-refractivity contribution in [2.45, 2.75) is 51.5 Å². The topological polar surface area (TPSA) is 61.9 Å². The lowest BCUT2D eigenvalue weighted by Crippen LogP contribution is -2.52. The Morgan fingerprint density at radius 3 is 2.48 bits per heavy atom. The second-order valence-electron chi connectivity index (χ2n) is 8.63. The number of rotatable bonds is 5. The van der Waals surface area contributed by atoms with E-state index >= 15 is 0 Å². The van der Waals surface area contributed by atoms with Crippen molar-refractivity contribution in [3.8, 4) is 5.75 Å². The number of para-hydroxylation sites is 1. The van der Waals surface area contributed by atoms with Gasteiger partial charge in [0.05, 0.1) is 12.2 Å². The summed E-state index contributed by atoms with van der Waals surface area (Å²) >= 11 is 0. The zero-order valence-corrected chi connectivity index (χ0v) is 17.4. The maximum Gasteiger partial charge on any atom is 0.317 e. The lowest BCUT2D eigenvalue weighted by atomic mass is 9.93. The van der Waals surface area contributed by atoms with Crippen LogP contribution in [-0.2, 0) is 0 Å². The molecule has 0 spiro atoms. The van der Waals surface area contributed by atoms with Gasteiger partial charge in [0.25, 0.3) is 5.91 Å². The molecule has 0 aromatic heterocycles. The second kappa shape index (κ2) is 9.06. The van der Waals surface area contributed by atoms with E-state index < -0.39 is 0 Å². The van der Waals surface area contributed by atoms with Crippen molar-refractivity contribution in [1.29, 1.82) is 0 Å². The van der Waals surface area contributed by atoms with E-state index in [4.69, 9.17) is 4.74 Å². The summed E-state index contributed by atoms with van der Waals surface area (Å²) in [6.45, 7) is 5.58. The van der Waals surface area contributed by atoms with E-state index in [-0.39, 0.29) is 18.0 Å². The highest BCUT2D eigenvalue weighted by atomic mass is 16.5. The van der Waals surface area contributed by atoms with Gasteiger partial charge in [0.2, 0.25) is 0 Å². The lowest BCUT2D eigenvalue weighted by molar-refractivity contribution is 0.0701. The van der Waals surface area contributed by atoms with Crippen molar-refractivity contribution in [1.82, 2.24) is 15.1 Å². The zero-order chi connectivity index (χ0) is 20.2. The van der Waals surface area contributed by atoms with Crippen LogP contribution in [0.3, 0.4) is 0 Å². The summed E-state index contributed by atoms with van der Waals surface area (Å²) in [4.78, 5) is 29.5. The van der Waals surface area contributed by atoms with Gasteiger partial charge in [0, 0.05) is 32.2 Å². The van der Waals surface area contributed by atoms with Crippen LogP contribution >= 0.6 is 0 Å². The molecule has 2 aliphatic heterocycles. The van der Waals surface area contributed by atoms with Gasteiger partial charge in [-0.05, 0) is 69.4 Å². The van der Waals surface area contributed by atoms with Crippen LogP contribution < -0.4 is 10.1 Å². The van der Waals surface area contributed by atoms with E-state index in [1.807, 2.05) is 41.0 Å². The number of nitrogens with zero attached hydrogens (tertiary/aromatic N) is 2. The fourth-order valence-corrected chi connectivity index (χ4v) is 4.73. The molecule has 158 valence electrons. The average Bonchev–Trinajstić information content (AvgIpc) is 3.60. The molecule has 3 amide bonds. The smallest absolute Gasteiger partial charge is 0.317 e. The number of ether oxygens (including phenoxy) is 1. The molecular weight excluding hydrogens is 366 g/mol. The highest BCUT2D eigenvalue weighted by Gasteiger charge is 2.36. The van der Waals surface area contributed by atoms with Crippen molar-refractivity contribution in [2.75, 3.05) is 32.8 Å². The van der Waals surface area contributed by atoms with Crippen LogP contribution in [-0.4, -0.2) is 60.6 Å². The van der Waals surface area contributed by atoms with Gasteiger partial charge in [-0.25, -0.2) is 4.79 Å². The van der Waals surface area contributed by atoms with Crippen LogP contribution in [0.2, 0.25) is 0 Å². The molecule has 2 heterocycles. The lowest BCUT2D eigenvalue weighted by Gasteiger charge is -2.36. The molecule has 29 heavy (non-hydrogen) atoms. The van der Waals surface area contributed by atoms with Gasteiger partial charge in [-0.2, -0.15) is 0 Å². The fraction of sp³-hybridized carbons (Fsp3) is 0.652. The molecule has 1 N–H and O–H groups in total. The number of hydrogen-bond acceptors (Lipinski definition) is 3. The van der Waals surface area contributed by atoms with Crippen molar-refractivity contribution < 1.29 is 14.3 Å². The van der Waals surface area contributed by atoms with Crippen LogP contribution in [0.15, 0.2) is 24.3 Å². The van der Waals surface area contributed by atoms with E-state index in [1.165, 1.54) is 19.3 Å². The fourth-order valence-electron chi connectivity index (χ4n) is 4.73. The first-order chi connectivity index (χ1) is 14.2. The van der Waals surface area contributed by atoms with E-state index in [9.17, 15) is 9.59 Å². The van der Waals surface area contributed by atoms with Crippen molar-refractivity contribution in [3.63, 3.8) is 0 Å². The molecule has 1 aromatic carbocycles. The zero-order valence-electron chi connectivity index (χ0n) is 17.4. The number of hydrogen-bond donors (Lipinski definition) is 1. The minimum Gasteiger partial charge on any atom is -0.493 e. The first kappa shape index (κ1) is 20.0. The van der Waals surface area contributed by atoms with E-state index in [0.717, 1.165) is 38.3 Å². The van der Waals surface area contributed by atoms with Gasteiger partial charge in [-0.1, -0.05) is 12.1 Å². The van der Waals surface area contributed by atoms with Crippen LogP contribution in [0.25, 0.3) is 0 Å². The van der Waals surface area contributed by atoms with E-state index in [0.29, 0.717) is 36.9 Å². The Kier molecular flexibility index (Phi) is 6.26. The van der Waals surface area contributed by atoms with Gasteiger partial charge < -0.3 is 19.9 Å². The van der Waals surface area contributed by atoms with Crippen LogP contribution in [0.5, 0.6) is 5.75 Å². The molecule has 1 aliphatic carbocycles. The summed E-state index contributed by atoms with van der Waals surface area (Å²) in [5, 5.41) is 3.22. The Morgan fingerprint density at radius 2 is 1.76 bits per heavy atom. The number of nitrogens with one attached hydrogen (secondary N) is 1. The van der Waals surface area contributed by atoms with Crippen LogP contribution in [0.4, 0.5) is 4.79 Å². The Hall–Kier alpha value is -2.24. The van der Waals surface area contributed by atoms with Crippen molar-refractivity contribution >= 4 is 11.9 Å². The summed E-state index contributed by atoms with van der Waals surface area (Å²) in [6.07, 6.45) is 6.69. The summed E-state index contributed by atoms with van der Waals surface area (Å²) in [6, 6.07) is 7.66. The summed E-state index contributed by atoms with van der Waals surface area (Å²) in [5.41, 5.74) is 0.622. The Morgan fingerprint density at radius 1 is 1.00 bits per heavy atom. The Balaban J connectivity index is 1.27. The highest BCUT2D eigenvalue weighted by molar-refractivity contribution is 5.97. The largest absolute Gasteiger partial charge is 0.493 e. The van der Waals surface area contributed by atoms with Gasteiger partial charge in [-0.15, -0.1) is 0 Å². The molecule has 6 heteroatoms. The van der Waals surface area contributed by atoms with Crippen LogP contribution in [0.1, 0.15) is 55.8 Å². The molecule has 6 nitrogen and oxygen atoms in total. The Bertz CT molecular complexity index is 726. The van der Waals surface area contributed by atoms with Crippen molar-refractivity contribution in [2.24, 2.45) is 11.8 Å². The summed E-state index contributed by atoms with van der Waals surface area (Å²) < 4.78 is 5.61. The first-order valence-corrected chi connectivity index (χ1v) is 11.2. The molecule has 1 unspecified atom stereocenters. The molecule has 3 fully saturated rings. The molecule has 2 saturated heterocycles. The third kappa shape index (κ3) is 4.85. The molecular formula is C23H33N3O3. The van der Waals surface area contributed by atoms with Gasteiger partial charge in [0.15, 0.2) is 0 Å². The summed E-state index contributed by atoms with van der Waals surface area (Å²) in [7, 11) is 0. The molecule has 1 atom stereocenters. The molecule has 4 rings (SSSR count). The van der Waals surface area contributed by atoms with E-state index in [1.54, 1.807) is 0 Å². The van der Waals surface area contributed by atoms with Crippen LogP contribution in [0, 0.1) is 11.8 Å². The molecule has 1 saturated carbocycles. The number of benzene rings is 1. The molecule has 0 bridgehead atoms. The maximum atomic E-state index is 12.9. The number of amides is 3. The van der Waals surface area contributed by atoms with Gasteiger partial charge in [0.1, 0.15) is 5.75 Å². The number of piperidine rings is 2.